The van der Waals surface area contributed by atoms with Crippen molar-refractivity contribution in [1.29, 1.82) is 0 Å². The summed E-state index contributed by atoms with van der Waals surface area (Å²) in [6, 6.07) is 0.261. The lowest BCUT2D eigenvalue weighted by molar-refractivity contribution is -0.134. The monoisotopic (exact) mass is 267 g/mol. The Morgan fingerprint density at radius 3 is 2.42 bits per heavy atom. The molecule has 2 amide bonds. The van der Waals surface area contributed by atoms with Gasteiger partial charge >= 0.3 is 0 Å². The highest BCUT2D eigenvalue weighted by molar-refractivity contribution is 5.82. The molecule has 0 spiro atoms. The number of nitrogens with zero attached hydrogens (tertiary/aromatic N) is 1. The zero-order valence-corrected chi connectivity index (χ0v) is 11.9. The summed E-state index contributed by atoms with van der Waals surface area (Å²) in [4.78, 5) is 25.8. The maximum atomic E-state index is 12.2. The van der Waals surface area contributed by atoms with Gasteiger partial charge in [0.25, 0.3) is 0 Å². The van der Waals surface area contributed by atoms with E-state index in [4.69, 9.17) is 0 Å². The summed E-state index contributed by atoms with van der Waals surface area (Å²) in [6.07, 6.45) is 3.80. The fourth-order valence-electron chi connectivity index (χ4n) is 2.73. The fourth-order valence-corrected chi connectivity index (χ4v) is 2.73. The molecule has 0 radical (unpaired) electrons. The van der Waals surface area contributed by atoms with E-state index in [1.54, 1.807) is 0 Å². The van der Waals surface area contributed by atoms with Gasteiger partial charge in [0.1, 0.15) is 0 Å². The Balaban J connectivity index is 1.75. The first kappa shape index (κ1) is 14.3. The minimum atomic E-state index is 0.0294. The maximum absolute atomic E-state index is 12.2. The normalized spacial score (nSPS) is 24.8. The third kappa shape index (κ3) is 3.69. The number of nitrogens with one attached hydrogen (secondary N) is 2. The number of piperidine rings is 1. The van der Waals surface area contributed by atoms with E-state index in [0.717, 1.165) is 45.3 Å². The van der Waals surface area contributed by atoms with Crippen LogP contribution in [-0.4, -0.2) is 48.4 Å². The second-order valence-electron chi connectivity index (χ2n) is 5.91. The van der Waals surface area contributed by atoms with Gasteiger partial charge in [0.2, 0.25) is 11.8 Å². The summed E-state index contributed by atoms with van der Waals surface area (Å²) in [5.74, 6) is 0.385. The number of hydrogen-bond donors (Lipinski definition) is 2. The van der Waals surface area contributed by atoms with E-state index in [1.807, 2.05) is 18.7 Å². The van der Waals surface area contributed by atoms with Gasteiger partial charge in [-0.3, -0.25) is 9.59 Å². The molecule has 0 aromatic carbocycles. The largest absolute Gasteiger partial charge is 0.353 e. The van der Waals surface area contributed by atoms with Crippen molar-refractivity contribution >= 4 is 11.8 Å². The predicted molar refractivity (Wildman–Crippen MR) is 73.6 cm³/mol. The second kappa shape index (κ2) is 6.37. The third-order valence-corrected chi connectivity index (χ3v) is 4.04. The van der Waals surface area contributed by atoms with Crippen LogP contribution in [-0.2, 0) is 9.59 Å². The molecule has 108 valence electrons. The summed E-state index contributed by atoms with van der Waals surface area (Å²) >= 11 is 0. The maximum Gasteiger partial charge on any atom is 0.239 e. The van der Waals surface area contributed by atoms with Crippen molar-refractivity contribution in [1.82, 2.24) is 15.5 Å². The van der Waals surface area contributed by atoms with Crippen LogP contribution in [0.4, 0.5) is 0 Å². The van der Waals surface area contributed by atoms with Gasteiger partial charge in [-0.25, -0.2) is 0 Å². The van der Waals surface area contributed by atoms with Crippen molar-refractivity contribution < 1.29 is 9.59 Å². The van der Waals surface area contributed by atoms with Crippen LogP contribution < -0.4 is 10.6 Å². The number of hydrogen-bond acceptors (Lipinski definition) is 3. The lowest BCUT2D eigenvalue weighted by Crippen LogP contribution is -2.51. The lowest BCUT2D eigenvalue weighted by atomic mass is 10.0. The topological polar surface area (TPSA) is 61.4 Å². The van der Waals surface area contributed by atoms with Crippen molar-refractivity contribution in [3.63, 3.8) is 0 Å². The summed E-state index contributed by atoms with van der Waals surface area (Å²) in [5, 5.41) is 6.31. The van der Waals surface area contributed by atoms with Crippen LogP contribution in [0.25, 0.3) is 0 Å². The van der Waals surface area contributed by atoms with Crippen LogP contribution >= 0.6 is 0 Å². The zero-order chi connectivity index (χ0) is 13.8. The first-order valence-corrected chi connectivity index (χ1v) is 7.40. The minimum Gasteiger partial charge on any atom is -0.353 e. The first-order valence-electron chi connectivity index (χ1n) is 7.40. The van der Waals surface area contributed by atoms with Crippen LogP contribution in [0.3, 0.4) is 0 Å². The van der Waals surface area contributed by atoms with Crippen molar-refractivity contribution in [3.05, 3.63) is 0 Å². The van der Waals surface area contributed by atoms with Gasteiger partial charge in [0, 0.05) is 25.0 Å². The minimum absolute atomic E-state index is 0.0294. The predicted octanol–water partition coefficient (Wildman–Crippen LogP) is 0.502. The van der Waals surface area contributed by atoms with Crippen LogP contribution in [0.1, 0.15) is 39.5 Å². The zero-order valence-electron chi connectivity index (χ0n) is 11.9. The Labute approximate surface area is 115 Å². The van der Waals surface area contributed by atoms with E-state index < -0.39 is 0 Å². The number of carbonyl (C=O) groups is 2. The smallest absolute Gasteiger partial charge is 0.239 e. The highest BCUT2D eigenvalue weighted by Crippen LogP contribution is 2.15. The molecule has 0 saturated carbocycles. The number of carbonyl (C=O) groups excluding carboxylic acids is 2. The molecule has 0 aromatic rings. The molecule has 19 heavy (non-hydrogen) atoms. The van der Waals surface area contributed by atoms with Crippen LogP contribution in [0.2, 0.25) is 0 Å². The van der Waals surface area contributed by atoms with E-state index in [9.17, 15) is 9.59 Å². The van der Waals surface area contributed by atoms with Crippen LogP contribution in [0.5, 0.6) is 0 Å². The molecule has 5 heteroatoms. The first-order chi connectivity index (χ1) is 9.08. The molecule has 2 saturated heterocycles. The molecule has 1 atom stereocenters. The standard InChI is InChI=1S/C14H25N3O2/c1-10(2)13(18)16-11-5-8-17(9-6-11)14(19)12-4-3-7-15-12/h10-12,15H,3-9H2,1-2H3,(H,16,18)/t12-/m1/s1. The average Bonchev–Trinajstić information content (AvgIpc) is 2.92. The highest BCUT2D eigenvalue weighted by Gasteiger charge is 2.30. The van der Waals surface area contributed by atoms with E-state index in [1.165, 1.54) is 0 Å². The van der Waals surface area contributed by atoms with Crippen LogP contribution in [0.15, 0.2) is 0 Å². The van der Waals surface area contributed by atoms with Gasteiger partial charge in [-0.2, -0.15) is 0 Å². The Hall–Kier alpha value is -1.10. The molecule has 5 nitrogen and oxygen atoms in total. The Morgan fingerprint density at radius 2 is 1.89 bits per heavy atom. The van der Waals surface area contributed by atoms with Gasteiger partial charge in [-0.15, -0.1) is 0 Å². The molecule has 2 aliphatic heterocycles. The third-order valence-electron chi connectivity index (χ3n) is 4.04. The summed E-state index contributed by atoms with van der Waals surface area (Å²) in [6.45, 7) is 6.29. The molecule has 0 aromatic heterocycles. The molecule has 0 unspecified atom stereocenters. The van der Waals surface area contributed by atoms with Crippen molar-refractivity contribution in [2.45, 2.75) is 51.6 Å². The fraction of sp³-hybridized carbons (Fsp3) is 0.857. The van der Waals surface area contributed by atoms with Gasteiger partial charge in [0.15, 0.2) is 0 Å². The molecule has 2 heterocycles. The van der Waals surface area contributed by atoms with Crippen molar-refractivity contribution in [3.8, 4) is 0 Å². The van der Waals surface area contributed by atoms with Gasteiger partial charge < -0.3 is 15.5 Å². The van der Waals surface area contributed by atoms with Gasteiger partial charge in [-0.1, -0.05) is 13.8 Å². The molecule has 0 aliphatic carbocycles. The van der Waals surface area contributed by atoms with Crippen molar-refractivity contribution in [2.24, 2.45) is 5.92 Å². The van der Waals surface area contributed by atoms with E-state index in [0.29, 0.717) is 0 Å². The van der Waals surface area contributed by atoms with Crippen LogP contribution in [0, 0.1) is 5.92 Å². The molecule has 2 rings (SSSR count). The summed E-state index contributed by atoms with van der Waals surface area (Å²) < 4.78 is 0. The summed E-state index contributed by atoms with van der Waals surface area (Å²) in [5.41, 5.74) is 0. The molecular formula is C14H25N3O2. The Bertz CT molecular complexity index is 330. The Kier molecular flexibility index (Phi) is 4.80. The second-order valence-corrected chi connectivity index (χ2v) is 5.91. The van der Waals surface area contributed by atoms with Gasteiger partial charge in [0.05, 0.1) is 6.04 Å². The number of amides is 2. The molecule has 0 bridgehead atoms. The average molecular weight is 267 g/mol. The highest BCUT2D eigenvalue weighted by atomic mass is 16.2. The molecule has 2 aliphatic rings. The number of likely N-dealkylation sites (tertiary alicyclic amines) is 1. The van der Waals surface area contributed by atoms with E-state index in [2.05, 4.69) is 10.6 Å². The molecule has 2 N–H and O–H groups in total. The SMILES string of the molecule is CC(C)C(=O)NC1CCN(C(=O)[C@H]2CCCN2)CC1. The van der Waals surface area contributed by atoms with E-state index >= 15 is 0 Å². The Morgan fingerprint density at radius 1 is 1.21 bits per heavy atom. The van der Waals surface area contributed by atoms with Crippen molar-refractivity contribution in [2.75, 3.05) is 19.6 Å². The summed E-state index contributed by atoms with van der Waals surface area (Å²) in [7, 11) is 0. The van der Waals surface area contributed by atoms with Gasteiger partial charge in [-0.05, 0) is 32.2 Å². The quantitative estimate of drug-likeness (QED) is 0.783. The number of rotatable bonds is 3. The molecular weight excluding hydrogens is 242 g/mol. The molecule has 2 fully saturated rings. The lowest BCUT2D eigenvalue weighted by Gasteiger charge is -2.34. The van der Waals surface area contributed by atoms with E-state index in [-0.39, 0.29) is 29.8 Å².